The number of ketones is 1. The fraction of sp³-hybridized carbons (Fsp3) is 0.296. The summed E-state index contributed by atoms with van der Waals surface area (Å²) in [5.41, 5.74) is 3.11. The quantitative estimate of drug-likeness (QED) is 0.343. The van der Waals surface area contributed by atoms with E-state index in [-0.39, 0.29) is 28.3 Å². The number of rotatable bonds is 5. The zero-order chi connectivity index (χ0) is 24.7. The Kier molecular flexibility index (Phi) is 5.92. The minimum absolute atomic E-state index is 0.00425. The number of aromatic amines is 1. The highest BCUT2D eigenvalue weighted by atomic mass is 32.2. The number of anilines is 1. The maximum atomic E-state index is 13.4. The van der Waals surface area contributed by atoms with Crippen LogP contribution in [-0.2, 0) is 10.5 Å². The fourth-order valence-electron chi connectivity index (χ4n) is 4.89. The summed E-state index contributed by atoms with van der Waals surface area (Å²) < 4.78 is 5.31. The molecule has 1 aliphatic carbocycles. The lowest BCUT2D eigenvalue weighted by molar-refractivity contribution is -0.118. The number of nitrogens with one attached hydrogen (secondary N) is 2. The summed E-state index contributed by atoms with van der Waals surface area (Å²) in [5.74, 6) is 0.812. The minimum Gasteiger partial charge on any atom is -0.504 e. The van der Waals surface area contributed by atoms with E-state index in [1.54, 1.807) is 12.1 Å². The predicted octanol–water partition coefficient (Wildman–Crippen LogP) is 4.98. The summed E-state index contributed by atoms with van der Waals surface area (Å²) in [5, 5.41) is 14.0. The maximum Gasteiger partial charge on any atom is 0.257 e. The van der Waals surface area contributed by atoms with Gasteiger partial charge in [0.05, 0.1) is 12.7 Å². The predicted molar refractivity (Wildman–Crippen MR) is 136 cm³/mol. The molecule has 0 spiro atoms. The van der Waals surface area contributed by atoms with Crippen LogP contribution in [0, 0.1) is 5.41 Å². The van der Waals surface area contributed by atoms with Gasteiger partial charge in [0.1, 0.15) is 5.82 Å². The fourth-order valence-corrected chi connectivity index (χ4v) is 5.71. The van der Waals surface area contributed by atoms with Crippen molar-refractivity contribution in [1.82, 2.24) is 9.97 Å². The Labute approximate surface area is 207 Å². The zero-order valence-corrected chi connectivity index (χ0v) is 20.7. The smallest absolute Gasteiger partial charge is 0.257 e. The third-order valence-corrected chi connectivity index (χ3v) is 7.40. The third kappa shape index (κ3) is 4.46. The molecule has 3 N–H and O–H groups in total. The van der Waals surface area contributed by atoms with Crippen LogP contribution in [0.2, 0.25) is 0 Å². The number of allylic oxidation sites excluding steroid dienone is 2. The number of Topliss-reactive ketones (excluding diaryl/α,β-unsaturated/α-hetero) is 1. The Morgan fingerprint density at radius 3 is 2.66 bits per heavy atom. The van der Waals surface area contributed by atoms with E-state index in [1.165, 1.54) is 24.9 Å². The molecule has 5 rings (SSSR count). The van der Waals surface area contributed by atoms with Crippen LogP contribution in [0.15, 0.2) is 69.8 Å². The van der Waals surface area contributed by atoms with Crippen molar-refractivity contribution < 1.29 is 14.6 Å². The van der Waals surface area contributed by atoms with Crippen LogP contribution >= 0.6 is 11.8 Å². The van der Waals surface area contributed by atoms with E-state index >= 15 is 0 Å². The first-order valence-electron chi connectivity index (χ1n) is 11.5. The van der Waals surface area contributed by atoms with Crippen LogP contribution in [0.1, 0.15) is 49.3 Å². The van der Waals surface area contributed by atoms with Gasteiger partial charge >= 0.3 is 0 Å². The summed E-state index contributed by atoms with van der Waals surface area (Å²) >= 11 is 1.45. The van der Waals surface area contributed by atoms with Crippen LogP contribution in [0.4, 0.5) is 5.82 Å². The highest BCUT2D eigenvalue weighted by Crippen LogP contribution is 2.48. The topological polar surface area (TPSA) is 104 Å². The van der Waals surface area contributed by atoms with Crippen molar-refractivity contribution in [1.29, 1.82) is 0 Å². The monoisotopic (exact) mass is 489 g/mol. The molecule has 1 aliphatic heterocycles. The lowest BCUT2D eigenvalue weighted by Crippen LogP contribution is -2.37. The lowest BCUT2D eigenvalue weighted by atomic mass is 9.69. The second-order valence-corrected chi connectivity index (χ2v) is 10.7. The molecule has 0 fully saturated rings. The van der Waals surface area contributed by atoms with Crippen molar-refractivity contribution in [3.63, 3.8) is 0 Å². The highest BCUT2D eigenvalue weighted by molar-refractivity contribution is 7.98. The van der Waals surface area contributed by atoms with Crippen LogP contribution in [0.5, 0.6) is 11.5 Å². The summed E-state index contributed by atoms with van der Waals surface area (Å²) in [6.45, 7) is 4.13. The van der Waals surface area contributed by atoms with Gasteiger partial charge in [0.2, 0.25) is 0 Å². The molecule has 1 atom stereocenters. The van der Waals surface area contributed by atoms with Crippen molar-refractivity contribution in [2.75, 3.05) is 12.4 Å². The van der Waals surface area contributed by atoms with Gasteiger partial charge in [0.15, 0.2) is 22.4 Å². The largest absolute Gasteiger partial charge is 0.504 e. The van der Waals surface area contributed by atoms with Crippen molar-refractivity contribution in [3.05, 3.63) is 86.8 Å². The van der Waals surface area contributed by atoms with E-state index in [0.29, 0.717) is 46.3 Å². The highest BCUT2D eigenvalue weighted by Gasteiger charge is 2.42. The van der Waals surface area contributed by atoms with Gasteiger partial charge in [-0.05, 0) is 35.1 Å². The number of aromatic nitrogens is 2. The number of aromatic hydroxyl groups is 1. The Morgan fingerprint density at radius 1 is 1.14 bits per heavy atom. The molecule has 7 nitrogen and oxygen atoms in total. The second kappa shape index (κ2) is 8.92. The third-order valence-electron chi connectivity index (χ3n) is 6.46. The Balaban J connectivity index is 1.62. The van der Waals surface area contributed by atoms with Gasteiger partial charge in [-0.15, -0.1) is 0 Å². The number of ether oxygens (including phenoxy) is 1. The van der Waals surface area contributed by atoms with Crippen LogP contribution < -0.4 is 15.6 Å². The van der Waals surface area contributed by atoms with Crippen LogP contribution in [0.25, 0.3) is 0 Å². The number of fused-ring (bicyclic) bond motifs is 1. The van der Waals surface area contributed by atoms with Crippen LogP contribution in [-0.4, -0.2) is 28.0 Å². The van der Waals surface area contributed by atoms with Crippen molar-refractivity contribution in [3.8, 4) is 11.5 Å². The van der Waals surface area contributed by atoms with Crippen molar-refractivity contribution >= 4 is 23.4 Å². The van der Waals surface area contributed by atoms with E-state index < -0.39 is 5.92 Å². The molecule has 0 amide bonds. The van der Waals surface area contributed by atoms with Gasteiger partial charge in [0, 0.05) is 29.4 Å². The first kappa shape index (κ1) is 23.2. The number of benzene rings is 2. The van der Waals surface area contributed by atoms with E-state index in [0.717, 1.165) is 11.3 Å². The van der Waals surface area contributed by atoms with E-state index in [4.69, 9.17) is 9.72 Å². The van der Waals surface area contributed by atoms with E-state index in [9.17, 15) is 14.7 Å². The molecule has 0 saturated heterocycles. The number of hydrogen-bond donors (Lipinski definition) is 3. The summed E-state index contributed by atoms with van der Waals surface area (Å²) in [6.07, 6.45) is 1.06. The molecule has 8 heteroatoms. The van der Waals surface area contributed by atoms with Crippen LogP contribution in [0.3, 0.4) is 0 Å². The van der Waals surface area contributed by atoms with Gasteiger partial charge in [-0.3, -0.25) is 9.59 Å². The number of methoxy groups -OCH3 is 1. The number of thioether (sulfide) groups is 1. The molecule has 2 aromatic carbocycles. The lowest BCUT2D eigenvalue weighted by Gasteiger charge is -2.38. The molecule has 35 heavy (non-hydrogen) atoms. The number of H-pyrrole nitrogens is 1. The molecule has 2 aliphatic rings. The molecular formula is C27H27N3O4S. The Hall–Kier alpha value is -3.52. The second-order valence-electron chi connectivity index (χ2n) is 9.73. The molecule has 1 aromatic heterocycles. The first-order valence-corrected chi connectivity index (χ1v) is 12.5. The minimum atomic E-state index is -0.608. The average molecular weight is 490 g/mol. The molecule has 0 unspecified atom stereocenters. The molecule has 2 heterocycles. The van der Waals surface area contributed by atoms with Crippen molar-refractivity contribution in [2.24, 2.45) is 5.41 Å². The first-order chi connectivity index (χ1) is 16.8. The molecule has 0 bridgehead atoms. The number of nitrogens with zero attached hydrogens (tertiary/aromatic N) is 1. The molecule has 0 radical (unpaired) electrons. The maximum absolute atomic E-state index is 13.4. The van der Waals surface area contributed by atoms with Gasteiger partial charge in [0.25, 0.3) is 5.56 Å². The summed E-state index contributed by atoms with van der Waals surface area (Å²) in [6, 6.07) is 14.9. The number of phenols is 1. The molecule has 180 valence electrons. The standard InChI is InChI=1S/C27H27N3O4S/c1-27(2)12-17-22(19(32)13-27)21(16-9-10-18(31)20(11-16)34-3)23-24(28-17)29-26(30-25(23)33)35-14-15-7-5-4-6-8-15/h4-11,21,31H,12-14H2,1-3H3,(H2,28,29,30,33)/t21-/m1/s1. The van der Waals surface area contributed by atoms with E-state index in [2.05, 4.69) is 24.1 Å². The molecule has 0 saturated carbocycles. The van der Waals surface area contributed by atoms with Crippen molar-refractivity contribution in [2.45, 2.75) is 43.5 Å². The number of hydrogen-bond acceptors (Lipinski definition) is 7. The average Bonchev–Trinajstić information content (AvgIpc) is 2.81. The zero-order valence-electron chi connectivity index (χ0n) is 19.8. The number of phenolic OH excluding ortho intramolecular Hbond substituents is 1. The van der Waals surface area contributed by atoms with Gasteiger partial charge in [-0.25, -0.2) is 4.98 Å². The normalized spacial score (nSPS) is 18.5. The van der Waals surface area contributed by atoms with Gasteiger partial charge in [-0.2, -0.15) is 0 Å². The molecule has 3 aromatic rings. The molecular weight excluding hydrogens is 462 g/mol. The van der Waals surface area contributed by atoms with Gasteiger partial charge in [-0.1, -0.05) is 62.0 Å². The number of carbonyl (C=O) groups excluding carboxylic acids is 1. The number of carbonyl (C=O) groups is 1. The van der Waals surface area contributed by atoms with E-state index in [1.807, 2.05) is 30.3 Å². The Bertz CT molecular complexity index is 1400. The Morgan fingerprint density at radius 2 is 1.91 bits per heavy atom. The summed E-state index contributed by atoms with van der Waals surface area (Å²) in [4.78, 5) is 34.5. The SMILES string of the molecule is COc1cc([C@@H]2C3=C(CC(C)(C)CC3=O)Nc3nc(SCc4ccccc4)[nH]c(=O)c32)ccc1O. The van der Waals surface area contributed by atoms with Gasteiger partial charge < -0.3 is 20.1 Å². The summed E-state index contributed by atoms with van der Waals surface area (Å²) in [7, 11) is 1.47.